The van der Waals surface area contributed by atoms with Gasteiger partial charge in [-0.3, -0.25) is 0 Å². The van der Waals surface area contributed by atoms with E-state index in [1.807, 2.05) is 0 Å². The Morgan fingerprint density at radius 3 is 2.47 bits per heavy atom. The van der Waals surface area contributed by atoms with Gasteiger partial charge in [-0.05, 0) is 35.9 Å². The lowest BCUT2D eigenvalue weighted by molar-refractivity contribution is 0.281. The molecule has 19 heavy (non-hydrogen) atoms. The number of rotatable bonds is 4. The minimum atomic E-state index is -0.000634. The van der Waals surface area contributed by atoms with Gasteiger partial charge in [-0.1, -0.05) is 36.0 Å². The number of nitrogens with two attached hydrogens (primary N) is 1. The fourth-order valence-electron chi connectivity index (χ4n) is 1.57. The van der Waals surface area contributed by atoms with E-state index in [0.717, 1.165) is 5.56 Å². The Morgan fingerprint density at radius 1 is 1.21 bits per heavy atom. The summed E-state index contributed by atoms with van der Waals surface area (Å²) in [5, 5.41) is 9.52. The molecule has 0 aliphatic rings. The maximum Gasteiger partial charge on any atom is 0.137 e. The van der Waals surface area contributed by atoms with Crippen LogP contribution in [0.3, 0.4) is 0 Å². The minimum Gasteiger partial charge on any atom is -0.457 e. The molecule has 0 saturated carbocycles. The highest BCUT2D eigenvalue weighted by Crippen LogP contribution is 2.28. The van der Waals surface area contributed by atoms with Crippen molar-refractivity contribution < 1.29 is 9.84 Å². The van der Waals surface area contributed by atoms with Gasteiger partial charge in [0.2, 0.25) is 0 Å². The highest BCUT2D eigenvalue weighted by atomic mass is 35.5. The van der Waals surface area contributed by atoms with Crippen LogP contribution < -0.4 is 10.5 Å². The summed E-state index contributed by atoms with van der Waals surface area (Å²) in [6, 6.07) is 12.2. The molecular weight excluding hydrogens is 282 g/mol. The van der Waals surface area contributed by atoms with Crippen LogP contribution in [0, 0.1) is 0 Å². The van der Waals surface area contributed by atoms with Gasteiger partial charge in [0.05, 0.1) is 12.2 Å². The van der Waals surface area contributed by atoms with Crippen LogP contribution in [-0.4, -0.2) is 10.1 Å². The second kappa shape index (κ2) is 6.02. The Bertz CT molecular complexity index is 599. The van der Waals surface area contributed by atoms with Crippen LogP contribution in [0.15, 0.2) is 42.5 Å². The van der Waals surface area contributed by atoms with Crippen LogP contribution in [0.4, 0.5) is 0 Å². The summed E-state index contributed by atoms with van der Waals surface area (Å²) in [6.07, 6.45) is 0. The van der Waals surface area contributed by atoms with E-state index in [2.05, 4.69) is 0 Å². The van der Waals surface area contributed by atoms with Gasteiger partial charge in [-0.2, -0.15) is 0 Å². The van der Waals surface area contributed by atoms with Gasteiger partial charge >= 0.3 is 0 Å². The van der Waals surface area contributed by atoms with E-state index in [4.69, 9.17) is 39.4 Å². The molecular formula is C14H12ClNO2S. The topological polar surface area (TPSA) is 55.5 Å². The van der Waals surface area contributed by atoms with Crippen LogP contribution in [-0.2, 0) is 6.61 Å². The van der Waals surface area contributed by atoms with E-state index in [1.54, 1.807) is 42.5 Å². The average Bonchev–Trinajstić information content (AvgIpc) is 2.41. The van der Waals surface area contributed by atoms with Crippen molar-refractivity contribution in [3.63, 3.8) is 0 Å². The number of ether oxygens (including phenoxy) is 1. The summed E-state index contributed by atoms with van der Waals surface area (Å²) >= 11 is 10.9. The normalized spacial score (nSPS) is 10.2. The van der Waals surface area contributed by atoms with Gasteiger partial charge < -0.3 is 15.6 Å². The highest BCUT2D eigenvalue weighted by Gasteiger charge is 2.08. The van der Waals surface area contributed by atoms with Gasteiger partial charge in [-0.15, -0.1) is 0 Å². The van der Waals surface area contributed by atoms with Gasteiger partial charge in [-0.25, -0.2) is 0 Å². The predicted octanol–water partition coefficient (Wildman–Crippen LogP) is 3.26. The fraction of sp³-hybridized carbons (Fsp3) is 0.0714. The molecule has 0 heterocycles. The Labute approximate surface area is 121 Å². The minimum absolute atomic E-state index is 0.000634. The molecule has 2 aromatic carbocycles. The molecule has 3 nitrogen and oxygen atoms in total. The molecule has 2 aromatic rings. The maximum atomic E-state index is 8.98. The zero-order valence-corrected chi connectivity index (χ0v) is 11.5. The molecule has 0 aromatic heterocycles. The third kappa shape index (κ3) is 3.44. The predicted molar refractivity (Wildman–Crippen MR) is 79.8 cm³/mol. The molecule has 5 heteroatoms. The molecule has 98 valence electrons. The second-order valence-corrected chi connectivity index (χ2v) is 4.79. The van der Waals surface area contributed by atoms with E-state index in [1.165, 1.54) is 0 Å². The zero-order valence-electron chi connectivity index (χ0n) is 9.97. The van der Waals surface area contributed by atoms with E-state index in [9.17, 15) is 0 Å². The van der Waals surface area contributed by atoms with Crippen molar-refractivity contribution in [3.8, 4) is 11.5 Å². The van der Waals surface area contributed by atoms with Crippen molar-refractivity contribution in [3.05, 3.63) is 58.6 Å². The lowest BCUT2D eigenvalue weighted by atomic mass is 10.2. The van der Waals surface area contributed by atoms with E-state index in [-0.39, 0.29) is 11.6 Å². The van der Waals surface area contributed by atoms with Crippen molar-refractivity contribution in [2.45, 2.75) is 6.61 Å². The largest absolute Gasteiger partial charge is 0.457 e. The Balaban J connectivity index is 2.29. The molecule has 3 N–H and O–H groups in total. The molecule has 2 rings (SSSR count). The Morgan fingerprint density at radius 2 is 1.89 bits per heavy atom. The van der Waals surface area contributed by atoms with Crippen molar-refractivity contribution in [2.24, 2.45) is 5.73 Å². The number of hydrogen-bond acceptors (Lipinski definition) is 3. The molecule has 0 radical (unpaired) electrons. The van der Waals surface area contributed by atoms with Crippen LogP contribution in [0.5, 0.6) is 11.5 Å². The summed E-state index contributed by atoms with van der Waals surface area (Å²) in [4.78, 5) is 0.226. The van der Waals surface area contributed by atoms with Crippen LogP contribution in [0.1, 0.15) is 11.1 Å². The third-order valence-corrected chi connectivity index (χ3v) is 3.00. The number of halogens is 1. The number of aliphatic hydroxyl groups is 1. The molecule has 0 saturated heterocycles. The number of benzene rings is 2. The zero-order chi connectivity index (χ0) is 13.8. The van der Waals surface area contributed by atoms with Crippen molar-refractivity contribution in [2.75, 3.05) is 0 Å². The molecule has 0 spiro atoms. The number of hydrogen-bond donors (Lipinski definition) is 2. The lowest BCUT2D eigenvalue weighted by Crippen LogP contribution is -2.10. The first kappa shape index (κ1) is 13.8. The maximum absolute atomic E-state index is 8.98. The van der Waals surface area contributed by atoms with E-state index >= 15 is 0 Å². The van der Waals surface area contributed by atoms with Crippen molar-refractivity contribution in [1.82, 2.24) is 0 Å². The number of aliphatic hydroxyl groups excluding tert-OH is 1. The van der Waals surface area contributed by atoms with Gasteiger partial charge in [0, 0.05) is 5.02 Å². The fourth-order valence-corrected chi connectivity index (χ4v) is 1.91. The highest BCUT2D eigenvalue weighted by molar-refractivity contribution is 7.80. The van der Waals surface area contributed by atoms with Crippen molar-refractivity contribution in [1.29, 1.82) is 0 Å². The second-order valence-electron chi connectivity index (χ2n) is 3.91. The third-order valence-electron chi connectivity index (χ3n) is 2.54. The summed E-state index contributed by atoms with van der Waals surface area (Å²) < 4.78 is 5.72. The number of thiocarbonyl (C=S) groups is 1. The SMILES string of the molecule is NC(=S)c1cc(Cl)ccc1Oc1ccc(CO)cc1. The van der Waals surface area contributed by atoms with Gasteiger partial charge in [0.15, 0.2) is 0 Å². The molecule has 0 aliphatic carbocycles. The van der Waals surface area contributed by atoms with E-state index < -0.39 is 0 Å². The van der Waals surface area contributed by atoms with Gasteiger partial charge in [0.25, 0.3) is 0 Å². The van der Waals surface area contributed by atoms with Crippen LogP contribution in [0.25, 0.3) is 0 Å². The smallest absolute Gasteiger partial charge is 0.137 e. The van der Waals surface area contributed by atoms with Crippen LogP contribution >= 0.6 is 23.8 Å². The lowest BCUT2D eigenvalue weighted by Gasteiger charge is -2.11. The summed E-state index contributed by atoms with van der Waals surface area (Å²) in [6.45, 7) is -0.000634. The Kier molecular flexibility index (Phi) is 4.37. The first-order valence-corrected chi connectivity index (χ1v) is 6.36. The molecule has 0 aliphatic heterocycles. The molecule has 0 fully saturated rings. The summed E-state index contributed by atoms with van der Waals surface area (Å²) in [7, 11) is 0. The monoisotopic (exact) mass is 293 g/mol. The van der Waals surface area contributed by atoms with Crippen molar-refractivity contribution >= 4 is 28.8 Å². The first-order chi connectivity index (χ1) is 9.10. The average molecular weight is 294 g/mol. The first-order valence-electron chi connectivity index (χ1n) is 5.57. The summed E-state index contributed by atoms with van der Waals surface area (Å²) in [5.74, 6) is 1.19. The van der Waals surface area contributed by atoms with E-state index in [0.29, 0.717) is 22.1 Å². The van der Waals surface area contributed by atoms with Gasteiger partial charge in [0.1, 0.15) is 16.5 Å². The molecule has 0 bridgehead atoms. The standard InChI is InChI=1S/C14H12ClNO2S/c15-10-3-6-13(12(7-10)14(16)19)18-11-4-1-9(8-17)2-5-11/h1-7,17H,8H2,(H2,16,19). The molecule has 0 unspecified atom stereocenters. The quantitative estimate of drug-likeness (QED) is 0.850. The molecule has 0 atom stereocenters. The summed E-state index contributed by atoms with van der Waals surface area (Å²) in [5.41, 5.74) is 7.05. The molecule has 0 amide bonds. The van der Waals surface area contributed by atoms with Crippen LogP contribution in [0.2, 0.25) is 5.02 Å². The Hall–Kier alpha value is -1.62.